The Kier molecular flexibility index (Phi) is 11.7. The highest BCUT2D eigenvalue weighted by molar-refractivity contribution is 6.30. The van der Waals surface area contributed by atoms with E-state index in [-0.39, 0.29) is 6.61 Å². The molecule has 0 amide bonds. The van der Waals surface area contributed by atoms with E-state index >= 15 is 0 Å². The molecule has 0 radical (unpaired) electrons. The first-order valence-electron chi connectivity index (χ1n) is 12.7. The van der Waals surface area contributed by atoms with Crippen LogP contribution < -0.4 is 9.47 Å². The Morgan fingerprint density at radius 1 is 0.784 bits per heavy atom. The summed E-state index contributed by atoms with van der Waals surface area (Å²) < 4.78 is 16.4. The zero-order chi connectivity index (χ0) is 26.3. The van der Waals surface area contributed by atoms with Gasteiger partial charge in [0.15, 0.2) is 0 Å². The fourth-order valence-corrected chi connectivity index (χ4v) is 3.66. The van der Waals surface area contributed by atoms with Gasteiger partial charge in [0, 0.05) is 11.1 Å². The van der Waals surface area contributed by atoms with E-state index < -0.39 is 11.9 Å². The quantitative estimate of drug-likeness (QED) is 0.0930. The molecular formula is C31H33ClO5. The first kappa shape index (κ1) is 28.0. The van der Waals surface area contributed by atoms with E-state index in [1.165, 1.54) is 38.2 Å². The van der Waals surface area contributed by atoms with E-state index in [1.54, 1.807) is 54.6 Å². The van der Waals surface area contributed by atoms with Gasteiger partial charge < -0.3 is 14.2 Å². The minimum atomic E-state index is -0.513. The number of ether oxygens (including phenoxy) is 3. The molecule has 0 heterocycles. The fraction of sp³-hybridized carbons (Fsp3) is 0.290. The summed E-state index contributed by atoms with van der Waals surface area (Å²) >= 11 is 5.86. The molecule has 0 atom stereocenters. The van der Waals surface area contributed by atoms with Gasteiger partial charge in [-0.25, -0.2) is 9.59 Å². The van der Waals surface area contributed by atoms with Gasteiger partial charge in [0.05, 0.1) is 12.2 Å². The van der Waals surface area contributed by atoms with Crippen molar-refractivity contribution in [1.82, 2.24) is 0 Å². The number of benzene rings is 3. The molecule has 3 aromatic rings. The summed E-state index contributed by atoms with van der Waals surface area (Å²) in [6.45, 7) is 3.08. The maximum absolute atomic E-state index is 12.2. The minimum absolute atomic E-state index is 0.143. The van der Waals surface area contributed by atoms with Crippen LogP contribution in [0, 0.1) is 0 Å². The summed E-state index contributed by atoms with van der Waals surface area (Å²) in [6.07, 6.45) is 10.4. The monoisotopic (exact) mass is 520 g/mol. The maximum atomic E-state index is 12.2. The summed E-state index contributed by atoms with van der Waals surface area (Å²) in [4.78, 5) is 24.4. The third-order valence-electron chi connectivity index (χ3n) is 5.65. The lowest BCUT2D eigenvalue weighted by molar-refractivity contribution is -0.128. The van der Waals surface area contributed by atoms with E-state index in [4.69, 9.17) is 25.8 Å². The third kappa shape index (κ3) is 10.5. The number of rotatable bonds is 14. The van der Waals surface area contributed by atoms with Crippen LogP contribution in [0.4, 0.5) is 0 Å². The summed E-state index contributed by atoms with van der Waals surface area (Å²) in [5.41, 5.74) is 2.07. The fourth-order valence-electron chi connectivity index (χ4n) is 3.53. The Balaban J connectivity index is 1.39. The molecule has 37 heavy (non-hydrogen) atoms. The van der Waals surface area contributed by atoms with E-state index in [0.29, 0.717) is 22.9 Å². The van der Waals surface area contributed by atoms with Gasteiger partial charge in [0.2, 0.25) is 0 Å². The van der Waals surface area contributed by atoms with E-state index in [9.17, 15) is 9.59 Å². The van der Waals surface area contributed by atoms with Crippen molar-refractivity contribution in [3.8, 4) is 11.5 Å². The molecule has 194 valence electrons. The molecule has 0 fully saturated rings. The average Bonchev–Trinajstić information content (AvgIpc) is 2.92. The molecule has 6 heteroatoms. The molecule has 0 aliphatic heterocycles. The minimum Gasteiger partial charge on any atom is -0.494 e. The van der Waals surface area contributed by atoms with Crippen LogP contribution >= 0.6 is 11.6 Å². The second-order valence-electron chi connectivity index (χ2n) is 8.67. The summed E-state index contributed by atoms with van der Waals surface area (Å²) in [6, 6.07) is 20.9. The van der Waals surface area contributed by atoms with Crippen LogP contribution in [0.1, 0.15) is 66.9 Å². The number of hydrogen-bond acceptors (Lipinski definition) is 5. The highest BCUT2D eigenvalue weighted by Crippen LogP contribution is 2.17. The Bertz CT molecular complexity index is 1140. The molecule has 0 saturated carbocycles. The smallest absolute Gasteiger partial charge is 0.338 e. The molecule has 0 aromatic heterocycles. The lowest BCUT2D eigenvalue weighted by Gasteiger charge is -2.07. The van der Waals surface area contributed by atoms with Crippen LogP contribution in [0.3, 0.4) is 0 Å². The first-order valence-corrected chi connectivity index (χ1v) is 13.1. The van der Waals surface area contributed by atoms with Gasteiger partial charge >= 0.3 is 11.9 Å². The Labute approximate surface area is 224 Å². The number of carbonyl (C=O) groups is 2. The van der Waals surface area contributed by atoms with Gasteiger partial charge in [0.1, 0.15) is 18.1 Å². The van der Waals surface area contributed by atoms with E-state index in [0.717, 1.165) is 23.3 Å². The highest BCUT2D eigenvalue weighted by atomic mass is 35.5. The van der Waals surface area contributed by atoms with Crippen molar-refractivity contribution in [2.75, 3.05) is 6.61 Å². The summed E-state index contributed by atoms with van der Waals surface area (Å²) in [5.74, 6) is 0.177. The molecule has 0 N–H and O–H groups in total. The molecule has 3 rings (SSSR count). The van der Waals surface area contributed by atoms with Crippen molar-refractivity contribution in [1.29, 1.82) is 0 Å². The predicted molar refractivity (Wildman–Crippen MR) is 147 cm³/mol. The average molecular weight is 521 g/mol. The van der Waals surface area contributed by atoms with Crippen molar-refractivity contribution >= 4 is 29.6 Å². The van der Waals surface area contributed by atoms with Gasteiger partial charge in [-0.1, -0.05) is 74.9 Å². The molecule has 0 aliphatic carbocycles. The van der Waals surface area contributed by atoms with Crippen LogP contribution in [-0.2, 0) is 16.1 Å². The van der Waals surface area contributed by atoms with Crippen LogP contribution in [0.5, 0.6) is 11.5 Å². The molecule has 0 bridgehead atoms. The van der Waals surface area contributed by atoms with Crippen LogP contribution in [0.25, 0.3) is 6.08 Å². The number of esters is 2. The van der Waals surface area contributed by atoms with Gasteiger partial charge in [-0.2, -0.15) is 0 Å². The molecule has 0 unspecified atom stereocenters. The first-order chi connectivity index (χ1) is 18.0. The summed E-state index contributed by atoms with van der Waals surface area (Å²) in [5, 5.41) is 0.622. The molecule has 0 spiro atoms. The standard InChI is InChI=1S/C31H33ClO5/c1-2-3-4-5-6-7-22-35-28-17-10-24(11-18-28)12-21-30(33)37-29-19-13-26(14-20-29)31(34)36-23-25-8-15-27(32)16-9-25/h8-21H,2-7,22-23H2,1H3/b21-12+. The topological polar surface area (TPSA) is 61.8 Å². The van der Waals surface area contributed by atoms with Crippen molar-refractivity contribution in [2.45, 2.75) is 52.1 Å². The second kappa shape index (κ2) is 15.5. The second-order valence-corrected chi connectivity index (χ2v) is 9.10. The molecule has 5 nitrogen and oxygen atoms in total. The molecular weight excluding hydrogens is 488 g/mol. The van der Waals surface area contributed by atoms with Crippen molar-refractivity contribution in [3.63, 3.8) is 0 Å². The van der Waals surface area contributed by atoms with E-state index in [1.807, 2.05) is 24.3 Å². The van der Waals surface area contributed by atoms with Crippen LogP contribution in [0.2, 0.25) is 5.02 Å². The van der Waals surface area contributed by atoms with Crippen molar-refractivity contribution in [2.24, 2.45) is 0 Å². The van der Waals surface area contributed by atoms with Crippen LogP contribution in [-0.4, -0.2) is 18.5 Å². The van der Waals surface area contributed by atoms with Crippen LogP contribution in [0.15, 0.2) is 78.9 Å². The van der Waals surface area contributed by atoms with Gasteiger partial charge in [-0.15, -0.1) is 0 Å². The summed E-state index contributed by atoms with van der Waals surface area (Å²) in [7, 11) is 0. The Hall–Kier alpha value is -3.57. The Morgan fingerprint density at radius 3 is 2.14 bits per heavy atom. The molecule has 0 aliphatic rings. The zero-order valence-corrected chi connectivity index (χ0v) is 21.9. The predicted octanol–water partition coefficient (Wildman–Crippen LogP) is 8.06. The Morgan fingerprint density at radius 2 is 1.43 bits per heavy atom. The third-order valence-corrected chi connectivity index (χ3v) is 5.90. The SMILES string of the molecule is CCCCCCCCOc1ccc(/C=C/C(=O)Oc2ccc(C(=O)OCc3ccc(Cl)cc3)cc2)cc1. The molecule has 3 aromatic carbocycles. The molecule has 0 saturated heterocycles. The normalized spacial score (nSPS) is 10.9. The highest BCUT2D eigenvalue weighted by Gasteiger charge is 2.09. The van der Waals surface area contributed by atoms with Gasteiger partial charge in [0.25, 0.3) is 0 Å². The number of halogens is 1. The number of hydrogen-bond donors (Lipinski definition) is 0. The largest absolute Gasteiger partial charge is 0.494 e. The van der Waals surface area contributed by atoms with Gasteiger partial charge in [-0.3, -0.25) is 0 Å². The number of unbranched alkanes of at least 4 members (excludes halogenated alkanes) is 5. The lowest BCUT2D eigenvalue weighted by Crippen LogP contribution is -2.06. The van der Waals surface area contributed by atoms with Crippen molar-refractivity contribution in [3.05, 3.63) is 101 Å². The van der Waals surface area contributed by atoms with Gasteiger partial charge in [-0.05, 0) is 72.2 Å². The lowest BCUT2D eigenvalue weighted by atomic mass is 10.1. The maximum Gasteiger partial charge on any atom is 0.338 e. The zero-order valence-electron chi connectivity index (χ0n) is 21.2. The van der Waals surface area contributed by atoms with Crippen molar-refractivity contribution < 1.29 is 23.8 Å². The van der Waals surface area contributed by atoms with E-state index in [2.05, 4.69) is 6.92 Å². The number of carbonyl (C=O) groups excluding carboxylic acids is 2.